The summed E-state index contributed by atoms with van der Waals surface area (Å²) in [5.41, 5.74) is -6.56. The highest BCUT2D eigenvalue weighted by Crippen LogP contribution is 2.80. The van der Waals surface area contributed by atoms with E-state index < -0.39 is 159 Å². The minimum Gasteiger partial charge on any atom is -0.459 e. The summed E-state index contributed by atoms with van der Waals surface area (Å²) in [7, 11) is -1.61. The van der Waals surface area contributed by atoms with Crippen LogP contribution in [-0.2, 0) is 97.7 Å². The number of anilines is 2. The zero-order chi connectivity index (χ0) is 86.2. The summed E-state index contributed by atoms with van der Waals surface area (Å²) in [4.78, 5) is 129. The van der Waals surface area contributed by atoms with Crippen molar-refractivity contribution in [2.24, 2.45) is 11.8 Å². The molecule has 122 heavy (non-hydrogen) atoms. The number of hydrogen-bond donors (Lipinski definition) is 0. The Morgan fingerprint density at radius 1 is 0.385 bits per heavy atom. The van der Waals surface area contributed by atoms with Gasteiger partial charge in [-0.25, -0.2) is 25.4 Å². The van der Waals surface area contributed by atoms with Gasteiger partial charge in [-0.1, -0.05) is 304 Å². The van der Waals surface area contributed by atoms with Crippen molar-refractivity contribution in [3.63, 3.8) is 0 Å². The Labute approximate surface area is 731 Å². The number of hydrogen-bond acceptors (Lipinski definition) is 22. The van der Waals surface area contributed by atoms with Gasteiger partial charge in [0.15, 0.2) is 23.0 Å². The molecule has 30 heteroatoms. The lowest BCUT2D eigenvalue weighted by Crippen LogP contribution is -2.78. The number of sulfonamides is 2. The predicted octanol–water partition coefficient (Wildman–Crippen LogP) is 15.7. The van der Waals surface area contributed by atoms with Crippen molar-refractivity contribution in [1.82, 2.24) is 19.6 Å². The van der Waals surface area contributed by atoms with Crippen molar-refractivity contribution < 1.29 is 74.1 Å². The average molecular weight is 1790 g/mol. The molecule has 8 atom stereocenters. The second-order valence-electron chi connectivity index (χ2n) is 31.3. The number of likely N-dealkylation sites (N-methyl/N-ethyl adjacent to an activating group) is 2. The SMILES string of the molecule is CC(=O)OCC1(OC(=O)C(C)C)C(=O)N2C3N(S(=O)(=O)c4ccccc4)c4ccccc4C3(C34CC5(SSSC(c6ccccc6)(c6ccccc6)c6ccccc6)C(=O)N(C)C(COC(C)=O)(OC(=O)C(C)C)C(=O)N5C3N(S(=O)(=O)c3ccccc3)c3ccccc34)CC2(SSSC(c2ccccc2)(c2ccccc2)c2ccccc2)C(=O)N1C. The first-order chi connectivity index (χ1) is 58.5. The number of piperazine rings is 2. The number of benzene rings is 10. The van der Waals surface area contributed by atoms with Gasteiger partial charge in [-0.05, 0) is 122 Å². The number of amides is 4. The van der Waals surface area contributed by atoms with Crippen molar-refractivity contribution >= 4 is 142 Å². The van der Waals surface area contributed by atoms with Crippen LogP contribution in [0.5, 0.6) is 0 Å². The van der Waals surface area contributed by atoms with Gasteiger partial charge in [-0.2, -0.15) is 0 Å². The van der Waals surface area contributed by atoms with Gasteiger partial charge in [-0.15, -0.1) is 0 Å². The van der Waals surface area contributed by atoms with Crippen molar-refractivity contribution in [3.8, 4) is 0 Å². The molecule has 22 nitrogen and oxygen atoms in total. The van der Waals surface area contributed by atoms with Crippen molar-refractivity contribution in [2.75, 3.05) is 35.9 Å². The summed E-state index contributed by atoms with van der Waals surface area (Å²) < 4.78 is 94.7. The fourth-order valence-corrected chi connectivity index (χ4v) is 34.1. The molecule has 6 aliphatic rings. The number of esters is 4. The third-order valence-corrected chi connectivity index (χ3v) is 37.7. The lowest BCUT2D eigenvalue weighted by Gasteiger charge is -2.54. The number of carbonyl (C=O) groups excluding carboxylic acids is 8. The van der Waals surface area contributed by atoms with E-state index in [0.717, 1.165) is 117 Å². The molecule has 6 aliphatic heterocycles. The first-order valence-corrected chi connectivity index (χ1v) is 49.1. The Kier molecular flexibility index (Phi) is 22.8. The molecule has 0 N–H and O–H groups in total. The summed E-state index contributed by atoms with van der Waals surface area (Å²) in [5, 5.41) is 0. The molecule has 4 fully saturated rings. The monoisotopic (exact) mass is 1780 g/mol. The number of nitrogens with zero attached hydrogens (tertiary/aromatic N) is 6. The lowest BCUT2D eigenvalue weighted by atomic mass is 9.54. The van der Waals surface area contributed by atoms with Gasteiger partial charge in [0.2, 0.25) is 0 Å². The van der Waals surface area contributed by atoms with Gasteiger partial charge in [0.1, 0.15) is 21.8 Å². The highest BCUT2D eigenvalue weighted by atomic mass is 33.5. The number of para-hydroxylation sites is 2. The number of fused-ring (bicyclic) bond motifs is 11. The Morgan fingerprint density at radius 2 is 0.639 bits per heavy atom. The molecule has 626 valence electrons. The van der Waals surface area contributed by atoms with Crippen molar-refractivity contribution in [1.29, 1.82) is 0 Å². The van der Waals surface area contributed by atoms with E-state index in [1.54, 1.807) is 48.5 Å². The van der Waals surface area contributed by atoms with E-state index in [9.17, 15) is 9.59 Å². The van der Waals surface area contributed by atoms with Crippen molar-refractivity contribution in [3.05, 3.63) is 336 Å². The summed E-state index contributed by atoms with van der Waals surface area (Å²) in [6.07, 6.45) is -6.07. The second kappa shape index (κ2) is 32.7. The van der Waals surface area contributed by atoms with Gasteiger partial charge in [0, 0.05) is 40.8 Å². The number of carbonyl (C=O) groups is 8. The van der Waals surface area contributed by atoms with E-state index in [2.05, 4.69) is 0 Å². The van der Waals surface area contributed by atoms with Crippen LogP contribution >= 0.6 is 62.8 Å². The van der Waals surface area contributed by atoms with Crippen LogP contribution in [0, 0.1) is 11.8 Å². The molecule has 0 aliphatic carbocycles. The second-order valence-corrected chi connectivity index (χ2v) is 43.7. The molecule has 0 bridgehead atoms. The van der Waals surface area contributed by atoms with E-state index in [-0.39, 0.29) is 32.3 Å². The molecule has 6 heterocycles. The fraction of sp³-hybridized carbons (Fsp3) is 0.261. The van der Waals surface area contributed by atoms with E-state index in [0.29, 0.717) is 0 Å². The molecule has 8 unspecified atom stereocenters. The standard InChI is InChI=1S/C92H84N6O16S8/c1-61(2)77(101)113-87(59-111-63(5)99)81(103)95-79-85(73-53-33-35-55-75(73)97(79)121(107,108)71-49-29-15-30-50-71,57-89(95,83(105)93(87)7)115-119-117-91(65-37-17-9-18-38-65,66-39-19-10-20-40-66)67-41-21-11-22-42-67)86-58-90(116-120-118-92(68-43-23-12-24-44-68,69-45-25-13-26-46-69)70-47-27-14-28-48-70)84(106)94(8)88(60-112-64(6)100,114-78(102)62(3)4)82(104)96(90)80(86)98(76-56-36-34-54-74(76)86)122(109,110)72-51-31-16-32-52-72/h9-56,61-62,79-80H,57-60H2,1-8H3. The van der Waals surface area contributed by atoms with Crippen molar-refractivity contribution in [2.45, 2.75) is 118 Å². The molecule has 0 radical (unpaired) electrons. The maximum atomic E-state index is 18.4. The Balaban J connectivity index is 1.06. The molecule has 16 rings (SSSR count). The predicted molar refractivity (Wildman–Crippen MR) is 475 cm³/mol. The maximum absolute atomic E-state index is 18.4. The molecular weight excluding hydrogens is 1700 g/mol. The van der Waals surface area contributed by atoms with Crippen LogP contribution in [0.4, 0.5) is 11.4 Å². The normalized spacial score (nSPS) is 23.5. The van der Waals surface area contributed by atoms with Gasteiger partial charge in [0.05, 0.1) is 43.8 Å². The van der Waals surface area contributed by atoms with Crippen LogP contribution < -0.4 is 8.61 Å². The van der Waals surface area contributed by atoms with Gasteiger partial charge >= 0.3 is 35.3 Å². The minimum absolute atomic E-state index is 0.0550. The Hall–Kier alpha value is -10.4. The zero-order valence-electron chi connectivity index (χ0n) is 67.3. The van der Waals surface area contributed by atoms with E-state index in [4.69, 9.17) is 18.9 Å². The summed E-state index contributed by atoms with van der Waals surface area (Å²) in [6.45, 7) is 5.77. The molecule has 4 saturated heterocycles. The molecule has 10 aromatic rings. The largest absolute Gasteiger partial charge is 0.459 e. The van der Waals surface area contributed by atoms with Crippen LogP contribution in [0.15, 0.2) is 301 Å². The highest BCUT2D eigenvalue weighted by Gasteiger charge is 2.89. The van der Waals surface area contributed by atoms with Crippen LogP contribution in [0.2, 0.25) is 0 Å². The van der Waals surface area contributed by atoms with Crippen LogP contribution in [0.3, 0.4) is 0 Å². The first kappa shape index (κ1) is 85.1. The maximum Gasteiger partial charge on any atom is 0.311 e. The number of rotatable bonds is 27. The third kappa shape index (κ3) is 13.0. The Bertz CT molecular complexity index is 5420. The highest BCUT2D eigenvalue weighted by molar-refractivity contribution is 9.10. The van der Waals surface area contributed by atoms with Gasteiger partial charge < -0.3 is 18.9 Å². The van der Waals surface area contributed by atoms with Crippen LogP contribution in [0.25, 0.3) is 0 Å². The summed E-state index contributed by atoms with van der Waals surface area (Å²) in [5.74, 6) is -10.8. The fourth-order valence-electron chi connectivity index (χ4n) is 18.3. The topological polar surface area (TPSA) is 261 Å². The van der Waals surface area contributed by atoms with Crippen LogP contribution in [-0.4, -0.2) is 145 Å². The van der Waals surface area contributed by atoms with Gasteiger partial charge in [0.25, 0.3) is 43.7 Å². The van der Waals surface area contributed by atoms with Gasteiger partial charge in [-0.3, -0.25) is 58.0 Å². The third-order valence-electron chi connectivity index (χ3n) is 23.9. The summed E-state index contributed by atoms with van der Waals surface area (Å²) in [6, 6.07) is 85.2. The lowest BCUT2D eigenvalue weighted by molar-refractivity contribution is -0.224. The zero-order valence-corrected chi connectivity index (χ0v) is 73.9. The smallest absolute Gasteiger partial charge is 0.311 e. The summed E-state index contributed by atoms with van der Waals surface area (Å²) >= 11 is 0. The Morgan fingerprint density at radius 3 is 0.902 bits per heavy atom. The number of ether oxygens (including phenoxy) is 4. The van der Waals surface area contributed by atoms with E-state index in [1.807, 2.05) is 182 Å². The average Bonchev–Trinajstić information content (AvgIpc) is 1.44. The quantitative estimate of drug-likeness (QED) is 0.0200. The van der Waals surface area contributed by atoms with Crippen LogP contribution in [0.1, 0.15) is 98.9 Å². The molecule has 0 aromatic heterocycles. The first-order valence-electron chi connectivity index (χ1n) is 39.3. The molecular formula is C92H84N6O16S8. The molecule has 4 amide bonds. The molecule has 0 spiro atoms. The van der Waals surface area contributed by atoms with E-state index >= 15 is 45.6 Å². The molecule has 10 aromatic carbocycles. The minimum atomic E-state index is -5.29. The molecule has 0 saturated carbocycles. The van der Waals surface area contributed by atoms with E-state index in [1.165, 1.54) is 124 Å².